The van der Waals surface area contributed by atoms with Crippen LogP contribution in [0, 0.1) is 0 Å². The number of para-hydroxylation sites is 1. The highest BCUT2D eigenvalue weighted by Crippen LogP contribution is 2.31. The zero-order chi connectivity index (χ0) is 18.1. The van der Waals surface area contributed by atoms with Crippen LogP contribution in [-0.4, -0.2) is 55.0 Å². The van der Waals surface area contributed by atoms with Crippen molar-refractivity contribution in [3.8, 4) is 5.75 Å². The van der Waals surface area contributed by atoms with Crippen LogP contribution < -0.4 is 15.8 Å². The van der Waals surface area contributed by atoms with Gasteiger partial charge in [0, 0.05) is 24.3 Å². The number of carbonyl (C=O) groups is 2. The van der Waals surface area contributed by atoms with Gasteiger partial charge in [0.25, 0.3) is 0 Å². The number of nitrogens with one attached hydrogen (secondary N) is 1. The van der Waals surface area contributed by atoms with E-state index >= 15 is 0 Å². The number of carbonyl (C=O) groups excluding carboxylic acids is 2. The van der Waals surface area contributed by atoms with Crippen molar-refractivity contribution in [2.45, 2.75) is 25.3 Å². The molecule has 1 atom stereocenters. The summed E-state index contributed by atoms with van der Waals surface area (Å²) in [6.07, 6.45) is 2.75. The molecule has 0 radical (unpaired) electrons. The molecule has 1 heterocycles. The van der Waals surface area contributed by atoms with Crippen LogP contribution in [0.5, 0.6) is 5.75 Å². The van der Waals surface area contributed by atoms with Crippen molar-refractivity contribution < 1.29 is 14.3 Å². The van der Waals surface area contributed by atoms with Crippen molar-refractivity contribution in [1.29, 1.82) is 0 Å². The fraction of sp³-hybridized carbons (Fsp3) is 0.556. The summed E-state index contributed by atoms with van der Waals surface area (Å²) in [7, 11) is 1.68. The molecule has 3 N–H and O–H groups in total. The van der Waals surface area contributed by atoms with Gasteiger partial charge in [-0.15, -0.1) is 0 Å². The fourth-order valence-electron chi connectivity index (χ4n) is 3.07. The number of methoxy groups -OCH3 is 1. The Bertz CT molecular complexity index is 576. The molecule has 6 nitrogen and oxygen atoms in total. The molecule has 0 aromatic heterocycles. The quantitative estimate of drug-likeness (QED) is 0.615. The molecule has 2 amide bonds. The number of primary amides is 1. The summed E-state index contributed by atoms with van der Waals surface area (Å²) in [5, 5.41) is 3.03. The average Bonchev–Trinajstić information content (AvgIpc) is 3.13. The van der Waals surface area contributed by atoms with Crippen LogP contribution in [0.25, 0.3) is 0 Å². The molecular weight excluding hydrogens is 338 g/mol. The first-order chi connectivity index (χ1) is 12.1. The van der Waals surface area contributed by atoms with Crippen LogP contribution in [0.15, 0.2) is 24.3 Å². The van der Waals surface area contributed by atoms with Gasteiger partial charge in [-0.25, -0.2) is 0 Å². The standard InChI is InChI=1S/C18H27N3O3S/c1-24-16-7-3-2-6-14(16)15(21-9-4-5-10-21)12-20-18(23)8-11-25-13-17(19)22/h2-3,6-7,15H,4-5,8-13H2,1H3,(H2,19,22)(H,20,23). The number of nitrogens with zero attached hydrogens (tertiary/aromatic N) is 1. The van der Waals surface area contributed by atoms with E-state index in [1.807, 2.05) is 18.2 Å². The van der Waals surface area contributed by atoms with Gasteiger partial charge in [0.2, 0.25) is 11.8 Å². The normalized spacial score (nSPS) is 15.7. The summed E-state index contributed by atoms with van der Waals surface area (Å²) in [6, 6.07) is 8.10. The maximum Gasteiger partial charge on any atom is 0.227 e. The maximum absolute atomic E-state index is 12.1. The Labute approximate surface area is 153 Å². The molecule has 1 aromatic carbocycles. The minimum atomic E-state index is -0.351. The number of hydrogen-bond acceptors (Lipinski definition) is 5. The van der Waals surface area contributed by atoms with E-state index in [9.17, 15) is 9.59 Å². The molecule has 0 spiro atoms. The number of benzene rings is 1. The molecule has 138 valence electrons. The molecule has 2 rings (SSSR count). The second-order valence-corrected chi connectivity index (χ2v) is 7.18. The Hall–Kier alpha value is -1.73. The number of amides is 2. The smallest absolute Gasteiger partial charge is 0.227 e. The number of hydrogen-bond donors (Lipinski definition) is 2. The Morgan fingerprint density at radius 3 is 2.72 bits per heavy atom. The fourth-order valence-corrected chi connectivity index (χ4v) is 3.74. The average molecular weight is 365 g/mol. The number of likely N-dealkylation sites (tertiary alicyclic amines) is 1. The van der Waals surface area contributed by atoms with E-state index in [0.717, 1.165) is 24.4 Å². The minimum absolute atomic E-state index is 0.00364. The second-order valence-electron chi connectivity index (χ2n) is 6.07. The maximum atomic E-state index is 12.1. The molecule has 1 aliphatic rings. The van der Waals surface area contributed by atoms with E-state index in [-0.39, 0.29) is 23.6 Å². The molecule has 7 heteroatoms. The predicted molar refractivity (Wildman–Crippen MR) is 101 cm³/mol. The molecule has 1 saturated heterocycles. The first kappa shape index (κ1) is 19.6. The third-order valence-corrected chi connectivity index (χ3v) is 5.27. The third-order valence-electron chi connectivity index (χ3n) is 4.29. The van der Waals surface area contributed by atoms with Gasteiger partial charge in [0.15, 0.2) is 0 Å². The summed E-state index contributed by atoms with van der Waals surface area (Å²) in [6.45, 7) is 2.62. The largest absolute Gasteiger partial charge is 0.496 e. The lowest BCUT2D eigenvalue weighted by molar-refractivity contribution is -0.121. The summed E-state index contributed by atoms with van der Waals surface area (Å²) in [5.74, 6) is 1.35. The number of rotatable bonds is 10. The van der Waals surface area contributed by atoms with Gasteiger partial charge < -0.3 is 15.8 Å². The Morgan fingerprint density at radius 2 is 2.04 bits per heavy atom. The van der Waals surface area contributed by atoms with Gasteiger partial charge in [0.05, 0.1) is 18.9 Å². The number of thioether (sulfide) groups is 1. The van der Waals surface area contributed by atoms with Gasteiger partial charge >= 0.3 is 0 Å². The Morgan fingerprint density at radius 1 is 1.32 bits per heavy atom. The van der Waals surface area contributed by atoms with E-state index in [1.165, 1.54) is 24.6 Å². The van der Waals surface area contributed by atoms with Crippen LogP contribution >= 0.6 is 11.8 Å². The zero-order valence-electron chi connectivity index (χ0n) is 14.7. The van der Waals surface area contributed by atoms with Crippen LogP contribution in [0.4, 0.5) is 0 Å². The van der Waals surface area contributed by atoms with Crippen molar-refractivity contribution in [2.75, 3.05) is 38.2 Å². The van der Waals surface area contributed by atoms with Crippen LogP contribution in [-0.2, 0) is 9.59 Å². The summed E-state index contributed by atoms with van der Waals surface area (Å²) in [4.78, 5) is 25.2. The van der Waals surface area contributed by atoms with Gasteiger partial charge in [-0.2, -0.15) is 11.8 Å². The minimum Gasteiger partial charge on any atom is -0.496 e. The van der Waals surface area contributed by atoms with E-state index < -0.39 is 0 Å². The van der Waals surface area contributed by atoms with Crippen molar-refractivity contribution in [2.24, 2.45) is 5.73 Å². The van der Waals surface area contributed by atoms with Gasteiger partial charge in [-0.1, -0.05) is 18.2 Å². The zero-order valence-corrected chi connectivity index (χ0v) is 15.5. The molecule has 0 bridgehead atoms. The topological polar surface area (TPSA) is 84.7 Å². The molecule has 1 aromatic rings. The van der Waals surface area contributed by atoms with E-state index in [2.05, 4.69) is 16.3 Å². The van der Waals surface area contributed by atoms with Crippen molar-refractivity contribution >= 4 is 23.6 Å². The number of nitrogens with two attached hydrogens (primary N) is 1. The van der Waals surface area contributed by atoms with E-state index in [0.29, 0.717) is 18.7 Å². The van der Waals surface area contributed by atoms with Gasteiger partial charge in [-0.3, -0.25) is 14.5 Å². The first-order valence-electron chi connectivity index (χ1n) is 8.61. The van der Waals surface area contributed by atoms with Crippen LogP contribution in [0.2, 0.25) is 0 Å². The van der Waals surface area contributed by atoms with Crippen molar-refractivity contribution in [3.05, 3.63) is 29.8 Å². The molecule has 0 saturated carbocycles. The monoisotopic (exact) mass is 365 g/mol. The lowest BCUT2D eigenvalue weighted by Gasteiger charge is -2.29. The highest BCUT2D eigenvalue weighted by molar-refractivity contribution is 7.99. The summed E-state index contributed by atoms with van der Waals surface area (Å²) < 4.78 is 5.51. The molecule has 1 unspecified atom stereocenters. The van der Waals surface area contributed by atoms with Gasteiger partial charge in [0.1, 0.15) is 5.75 Å². The predicted octanol–water partition coefficient (Wildman–Crippen LogP) is 1.56. The van der Waals surface area contributed by atoms with Gasteiger partial charge in [-0.05, 0) is 32.0 Å². The molecule has 0 aliphatic carbocycles. The molecule has 25 heavy (non-hydrogen) atoms. The lowest BCUT2D eigenvalue weighted by atomic mass is 10.0. The van der Waals surface area contributed by atoms with E-state index in [4.69, 9.17) is 10.5 Å². The van der Waals surface area contributed by atoms with Crippen LogP contribution in [0.1, 0.15) is 30.9 Å². The SMILES string of the molecule is COc1ccccc1C(CNC(=O)CCSCC(N)=O)N1CCCC1. The van der Waals surface area contributed by atoms with Crippen LogP contribution in [0.3, 0.4) is 0 Å². The Balaban J connectivity index is 1.93. The summed E-state index contributed by atoms with van der Waals surface area (Å²) in [5.41, 5.74) is 6.20. The number of ether oxygens (including phenoxy) is 1. The van der Waals surface area contributed by atoms with E-state index in [1.54, 1.807) is 7.11 Å². The highest BCUT2D eigenvalue weighted by atomic mass is 32.2. The lowest BCUT2D eigenvalue weighted by Crippen LogP contribution is -2.37. The first-order valence-corrected chi connectivity index (χ1v) is 9.77. The Kier molecular flexibility index (Phi) is 8.08. The van der Waals surface area contributed by atoms with Crippen molar-refractivity contribution in [1.82, 2.24) is 10.2 Å². The second kappa shape index (κ2) is 10.3. The molecule has 1 aliphatic heterocycles. The molecular formula is C18H27N3O3S. The molecule has 1 fully saturated rings. The van der Waals surface area contributed by atoms with Crippen molar-refractivity contribution in [3.63, 3.8) is 0 Å². The highest BCUT2D eigenvalue weighted by Gasteiger charge is 2.26. The third kappa shape index (κ3) is 6.25. The summed E-state index contributed by atoms with van der Waals surface area (Å²) >= 11 is 1.39.